The van der Waals surface area contributed by atoms with Gasteiger partial charge in [0.2, 0.25) is 11.8 Å². The van der Waals surface area contributed by atoms with E-state index in [0.717, 1.165) is 0 Å². The summed E-state index contributed by atoms with van der Waals surface area (Å²) in [5.74, 6) is 0.812. The standard InChI is InChI=1S/C12H14FN3O2/c1-3-17-11-5-4-9(6-10(11)13)14-7-12-16-15-8(2)18-12/h4-6,14H,3,7H2,1-2H3. The highest BCUT2D eigenvalue weighted by Gasteiger charge is 2.05. The summed E-state index contributed by atoms with van der Waals surface area (Å²) in [4.78, 5) is 0. The maximum atomic E-state index is 13.6. The van der Waals surface area contributed by atoms with Crippen molar-refractivity contribution in [3.8, 4) is 5.75 Å². The summed E-state index contributed by atoms with van der Waals surface area (Å²) >= 11 is 0. The SMILES string of the molecule is CCOc1ccc(NCc2nnc(C)o2)cc1F. The Morgan fingerprint density at radius 1 is 1.39 bits per heavy atom. The molecule has 5 nitrogen and oxygen atoms in total. The van der Waals surface area contributed by atoms with E-state index in [2.05, 4.69) is 15.5 Å². The van der Waals surface area contributed by atoms with Crippen molar-refractivity contribution in [2.45, 2.75) is 20.4 Å². The summed E-state index contributed by atoms with van der Waals surface area (Å²) < 4.78 is 23.9. The first-order valence-electron chi connectivity index (χ1n) is 5.64. The van der Waals surface area contributed by atoms with Crippen LogP contribution >= 0.6 is 0 Å². The van der Waals surface area contributed by atoms with Gasteiger partial charge in [0.05, 0.1) is 13.2 Å². The Balaban J connectivity index is 1.99. The number of hydrogen-bond donors (Lipinski definition) is 1. The minimum absolute atomic E-state index is 0.247. The molecular formula is C12H14FN3O2. The van der Waals surface area contributed by atoms with Crippen molar-refractivity contribution in [3.63, 3.8) is 0 Å². The lowest BCUT2D eigenvalue weighted by atomic mass is 10.3. The van der Waals surface area contributed by atoms with Crippen molar-refractivity contribution in [3.05, 3.63) is 35.8 Å². The van der Waals surface area contributed by atoms with Gasteiger partial charge in [0.1, 0.15) is 0 Å². The number of anilines is 1. The first-order chi connectivity index (χ1) is 8.69. The zero-order chi connectivity index (χ0) is 13.0. The third-order valence-electron chi connectivity index (χ3n) is 2.24. The zero-order valence-electron chi connectivity index (χ0n) is 10.2. The second-order valence-corrected chi connectivity index (χ2v) is 3.65. The second kappa shape index (κ2) is 5.48. The fourth-order valence-electron chi connectivity index (χ4n) is 1.47. The molecule has 1 aromatic heterocycles. The highest BCUT2D eigenvalue weighted by atomic mass is 19.1. The third-order valence-corrected chi connectivity index (χ3v) is 2.24. The van der Waals surface area contributed by atoms with E-state index in [1.54, 1.807) is 19.1 Å². The van der Waals surface area contributed by atoms with Crippen LogP contribution in [0.4, 0.5) is 10.1 Å². The molecule has 0 bridgehead atoms. The van der Waals surface area contributed by atoms with E-state index in [4.69, 9.17) is 9.15 Å². The van der Waals surface area contributed by atoms with Gasteiger partial charge in [-0.05, 0) is 19.1 Å². The maximum Gasteiger partial charge on any atom is 0.235 e. The summed E-state index contributed by atoms with van der Waals surface area (Å²) in [6.07, 6.45) is 0. The van der Waals surface area contributed by atoms with Crippen LogP contribution in [0, 0.1) is 12.7 Å². The van der Waals surface area contributed by atoms with Crippen LogP contribution in [-0.4, -0.2) is 16.8 Å². The molecule has 0 amide bonds. The minimum Gasteiger partial charge on any atom is -0.491 e. The number of nitrogens with one attached hydrogen (secondary N) is 1. The van der Waals surface area contributed by atoms with Crippen LogP contribution in [0.2, 0.25) is 0 Å². The van der Waals surface area contributed by atoms with Crippen molar-refractivity contribution in [1.82, 2.24) is 10.2 Å². The molecule has 18 heavy (non-hydrogen) atoms. The Labute approximate surface area is 104 Å². The molecule has 0 saturated carbocycles. The second-order valence-electron chi connectivity index (χ2n) is 3.65. The Kier molecular flexibility index (Phi) is 3.76. The highest BCUT2D eigenvalue weighted by molar-refractivity contribution is 5.47. The molecule has 2 rings (SSSR count). The number of benzene rings is 1. The smallest absolute Gasteiger partial charge is 0.235 e. The Hall–Kier alpha value is -2.11. The molecule has 0 unspecified atom stereocenters. The topological polar surface area (TPSA) is 60.2 Å². The zero-order valence-corrected chi connectivity index (χ0v) is 10.2. The average Bonchev–Trinajstić information content (AvgIpc) is 2.76. The molecule has 0 radical (unpaired) electrons. The summed E-state index contributed by atoms with van der Waals surface area (Å²) in [5.41, 5.74) is 0.631. The van der Waals surface area contributed by atoms with E-state index in [9.17, 15) is 4.39 Å². The first-order valence-corrected chi connectivity index (χ1v) is 5.64. The van der Waals surface area contributed by atoms with Crippen molar-refractivity contribution in [2.75, 3.05) is 11.9 Å². The number of aryl methyl sites for hydroxylation is 1. The molecule has 0 spiro atoms. The molecule has 0 saturated heterocycles. The normalized spacial score (nSPS) is 10.4. The van der Waals surface area contributed by atoms with E-state index in [1.165, 1.54) is 6.07 Å². The molecule has 0 aliphatic carbocycles. The first kappa shape index (κ1) is 12.3. The van der Waals surface area contributed by atoms with Gasteiger partial charge in [-0.2, -0.15) is 0 Å². The van der Waals surface area contributed by atoms with Gasteiger partial charge < -0.3 is 14.5 Å². The van der Waals surface area contributed by atoms with Crippen LogP contribution < -0.4 is 10.1 Å². The minimum atomic E-state index is -0.399. The number of ether oxygens (including phenoxy) is 1. The molecule has 96 valence electrons. The van der Waals surface area contributed by atoms with E-state index >= 15 is 0 Å². The van der Waals surface area contributed by atoms with Crippen LogP contribution in [0.25, 0.3) is 0 Å². The number of hydrogen-bond acceptors (Lipinski definition) is 5. The fourth-order valence-corrected chi connectivity index (χ4v) is 1.47. The van der Waals surface area contributed by atoms with Crippen LogP contribution in [-0.2, 0) is 6.54 Å². The molecule has 1 aromatic carbocycles. The Morgan fingerprint density at radius 3 is 2.83 bits per heavy atom. The number of rotatable bonds is 5. The van der Waals surface area contributed by atoms with Crippen LogP contribution in [0.15, 0.2) is 22.6 Å². The maximum absolute atomic E-state index is 13.6. The van der Waals surface area contributed by atoms with E-state index in [-0.39, 0.29) is 5.75 Å². The molecule has 6 heteroatoms. The largest absolute Gasteiger partial charge is 0.491 e. The predicted octanol–water partition coefficient (Wildman–Crippen LogP) is 2.53. The average molecular weight is 251 g/mol. The van der Waals surface area contributed by atoms with E-state index < -0.39 is 5.82 Å². The molecular weight excluding hydrogens is 237 g/mol. The molecule has 1 N–H and O–H groups in total. The van der Waals surface area contributed by atoms with Crippen molar-refractivity contribution in [1.29, 1.82) is 0 Å². The van der Waals surface area contributed by atoms with Crippen molar-refractivity contribution in [2.24, 2.45) is 0 Å². The molecule has 0 atom stereocenters. The summed E-state index contributed by atoms with van der Waals surface area (Å²) in [6, 6.07) is 4.69. The highest BCUT2D eigenvalue weighted by Crippen LogP contribution is 2.21. The fraction of sp³-hybridized carbons (Fsp3) is 0.333. The molecule has 0 fully saturated rings. The van der Waals surface area contributed by atoms with Crippen LogP contribution in [0.5, 0.6) is 5.75 Å². The summed E-state index contributed by atoms with van der Waals surface area (Å²) in [5, 5.41) is 10.5. The van der Waals surface area contributed by atoms with Gasteiger partial charge in [-0.1, -0.05) is 0 Å². The molecule has 0 aliphatic heterocycles. The lowest BCUT2D eigenvalue weighted by Crippen LogP contribution is -2.01. The lowest BCUT2D eigenvalue weighted by molar-refractivity contribution is 0.321. The monoisotopic (exact) mass is 251 g/mol. The Morgan fingerprint density at radius 2 is 2.22 bits per heavy atom. The lowest BCUT2D eigenvalue weighted by Gasteiger charge is -2.07. The number of aromatic nitrogens is 2. The van der Waals surface area contributed by atoms with Gasteiger partial charge in [-0.15, -0.1) is 10.2 Å². The van der Waals surface area contributed by atoms with Gasteiger partial charge in [-0.25, -0.2) is 4.39 Å². The molecule has 0 aliphatic rings. The van der Waals surface area contributed by atoms with Gasteiger partial charge in [0, 0.05) is 18.7 Å². The molecule has 2 aromatic rings. The third kappa shape index (κ3) is 2.97. The van der Waals surface area contributed by atoms with Gasteiger partial charge >= 0.3 is 0 Å². The summed E-state index contributed by atoms with van der Waals surface area (Å²) in [6.45, 7) is 4.32. The van der Waals surface area contributed by atoms with Crippen molar-refractivity contribution >= 4 is 5.69 Å². The van der Waals surface area contributed by atoms with Crippen LogP contribution in [0.3, 0.4) is 0 Å². The number of nitrogens with zero attached hydrogens (tertiary/aromatic N) is 2. The van der Waals surface area contributed by atoms with Crippen molar-refractivity contribution < 1.29 is 13.5 Å². The van der Waals surface area contributed by atoms with Crippen LogP contribution in [0.1, 0.15) is 18.7 Å². The van der Waals surface area contributed by atoms with Gasteiger partial charge in [0.25, 0.3) is 0 Å². The Bertz CT molecular complexity index is 528. The predicted molar refractivity (Wildman–Crippen MR) is 63.9 cm³/mol. The number of halogens is 1. The van der Waals surface area contributed by atoms with Gasteiger partial charge in [-0.3, -0.25) is 0 Å². The van der Waals surface area contributed by atoms with Gasteiger partial charge in [0.15, 0.2) is 11.6 Å². The molecule has 1 heterocycles. The quantitative estimate of drug-likeness (QED) is 0.884. The summed E-state index contributed by atoms with van der Waals surface area (Å²) in [7, 11) is 0. The van der Waals surface area contributed by atoms with E-state index in [0.29, 0.717) is 30.6 Å². The van der Waals surface area contributed by atoms with E-state index in [1.807, 2.05) is 6.92 Å².